The van der Waals surface area contributed by atoms with E-state index in [2.05, 4.69) is 215 Å². The summed E-state index contributed by atoms with van der Waals surface area (Å²) in [5, 5.41) is 7.62. The summed E-state index contributed by atoms with van der Waals surface area (Å²) >= 11 is 1.86. The van der Waals surface area contributed by atoms with Gasteiger partial charge in [0.25, 0.3) is 0 Å². The molecule has 12 rings (SSSR count). The molecule has 3 aromatic heterocycles. The Labute approximate surface area is 333 Å². The molecule has 3 heterocycles. The van der Waals surface area contributed by atoms with Crippen LogP contribution in [0.4, 0.5) is 0 Å². The van der Waals surface area contributed by atoms with E-state index in [4.69, 9.17) is 0 Å². The molecule has 0 aliphatic carbocycles. The Balaban J connectivity index is 1.06. The fourth-order valence-corrected chi connectivity index (χ4v) is 10.2. The quantitative estimate of drug-likeness (QED) is 0.166. The van der Waals surface area contributed by atoms with Crippen LogP contribution >= 0.6 is 11.3 Å². The van der Waals surface area contributed by atoms with Crippen molar-refractivity contribution >= 4 is 75.1 Å². The number of nitrogens with zero attached hydrogens (tertiary/aromatic N) is 2. The van der Waals surface area contributed by atoms with Crippen molar-refractivity contribution in [1.82, 2.24) is 9.13 Å². The average Bonchev–Trinajstić information content (AvgIpc) is 3.93. The number of fused-ring (bicyclic) bond motifs is 9. The van der Waals surface area contributed by atoms with Gasteiger partial charge < -0.3 is 9.13 Å². The maximum atomic E-state index is 2.45. The summed E-state index contributed by atoms with van der Waals surface area (Å²) in [6.07, 6.45) is 0. The maximum Gasteiger partial charge on any atom is 0.0541 e. The van der Waals surface area contributed by atoms with Gasteiger partial charge in [-0.25, -0.2) is 0 Å². The molecule has 0 saturated carbocycles. The fourth-order valence-electron chi connectivity index (χ4n) is 9.09. The molecule has 0 N–H and O–H groups in total. The van der Waals surface area contributed by atoms with E-state index in [9.17, 15) is 0 Å². The molecule has 2 nitrogen and oxygen atoms in total. The molecule has 0 aliphatic rings. The Kier molecular flexibility index (Phi) is 7.13. The number of aromatic nitrogens is 2. The minimum absolute atomic E-state index is 1.17. The van der Waals surface area contributed by atoms with Crippen LogP contribution in [0.1, 0.15) is 0 Å². The number of hydrogen-bond donors (Lipinski definition) is 0. The summed E-state index contributed by atoms with van der Waals surface area (Å²) < 4.78 is 7.54. The molecule has 0 fully saturated rings. The van der Waals surface area contributed by atoms with Gasteiger partial charge in [-0.3, -0.25) is 0 Å². The van der Waals surface area contributed by atoms with Gasteiger partial charge in [0.1, 0.15) is 0 Å². The standard InChI is InChI=1S/C54H34N2S/c1-3-13-35(14-4-1)37-23-28-51-45(31-37)46-33-39(25-29-52(46)56(51)48-20-10-7-17-41(48)36-15-5-2-6-16-36)38-24-27-50-44(32-38)42-18-8-11-21-49(42)55(50)40-26-30-54-47(34-40)43-19-9-12-22-53(43)57-54/h1-34H. The molecule has 0 radical (unpaired) electrons. The van der Waals surface area contributed by atoms with Crippen molar-refractivity contribution in [2.24, 2.45) is 0 Å². The van der Waals surface area contributed by atoms with E-state index in [1.165, 1.54) is 109 Å². The van der Waals surface area contributed by atoms with E-state index in [-0.39, 0.29) is 0 Å². The zero-order valence-corrected chi connectivity index (χ0v) is 31.7. The van der Waals surface area contributed by atoms with Crippen LogP contribution in [0, 0.1) is 0 Å². The first-order valence-electron chi connectivity index (χ1n) is 19.5. The number of rotatable bonds is 5. The first-order valence-corrected chi connectivity index (χ1v) is 20.3. The molecule has 0 saturated heterocycles. The summed E-state index contributed by atoms with van der Waals surface area (Å²) in [4.78, 5) is 0. The van der Waals surface area contributed by atoms with E-state index in [1.54, 1.807) is 0 Å². The molecule has 0 aliphatic heterocycles. The number of thiophene rings is 1. The van der Waals surface area contributed by atoms with Crippen molar-refractivity contribution in [2.45, 2.75) is 0 Å². The minimum Gasteiger partial charge on any atom is -0.309 e. The van der Waals surface area contributed by atoms with Crippen LogP contribution in [0.2, 0.25) is 0 Å². The molecular weight excluding hydrogens is 709 g/mol. The fraction of sp³-hybridized carbons (Fsp3) is 0. The van der Waals surface area contributed by atoms with Gasteiger partial charge in [-0.15, -0.1) is 11.3 Å². The highest BCUT2D eigenvalue weighted by atomic mass is 32.1. The van der Waals surface area contributed by atoms with Gasteiger partial charge in [0.05, 0.1) is 27.8 Å². The van der Waals surface area contributed by atoms with Crippen molar-refractivity contribution < 1.29 is 0 Å². The molecule has 0 bridgehead atoms. The third-order valence-corrected chi connectivity index (χ3v) is 12.9. The lowest BCUT2D eigenvalue weighted by molar-refractivity contribution is 1.18. The number of benzene rings is 9. The zero-order valence-electron chi connectivity index (χ0n) is 30.9. The highest BCUT2D eigenvalue weighted by Crippen LogP contribution is 2.42. The van der Waals surface area contributed by atoms with Crippen molar-refractivity contribution in [3.8, 4) is 44.8 Å². The second kappa shape index (κ2) is 12.7. The Morgan fingerprint density at radius 1 is 0.281 bits per heavy atom. The molecule has 9 aromatic carbocycles. The molecule has 57 heavy (non-hydrogen) atoms. The highest BCUT2D eigenvalue weighted by Gasteiger charge is 2.19. The molecule has 266 valence electrons. The maximum absolute atomic E-state index is 2.45. The first-order chi connectivity index (χ1) is 28.3. The van der Waals surface area contributed by atoms with Crippen molar-refractivity contribution in [1.29, 1.82) is 0 Å². The SMILES string of the molecule is c1ccc(-c2ccc3c(c2)c2cc(-c4ccc5c(c4)c4ccccc4n5-c4ccc5sc6ccccc6c5c4)ccc2n3-c2ccccc2-c2ccccc2)cc1. The van der Waals surface area contributed by atoms with Gasteiger partial charge in [0.2, 0.25) is 0 Å². The van der Waals surface area contributed by atoms with Crippen LogP contribution in [0.3, 0.4) is 0 Å². The van der Waals surface area contributed by atoms with Crippen LogP contribution in [0.25, 0.3) is 109 Å². The Hall–Kier alpha value is -7.20. The Morgan fingerprint density at radius 2 is 0.789 bits per heavy atom. The molecule has 3 heteroatoms. The van der Waals surface area contributed by atoms with Gasteiger partial charge in [-0.2, -0.15) is 0 Å². The van der Waals surface area contributed by atoms with E-state index < -0.39 is 0 Å². The molecule has 0 spiro atoms. The predicted molar refractivity (Wildman–Crippen MR) is 244 cm³/mol. The van der Waals surface area contributed by atoms with E-state index in [1.807, 2.05) is 11.3 Å². The van der Waals surface area contributed by atoms with E-state index in [0.29, 0.717) is 0 Å². The van der Waals surface area contributed by atoms with Gasteiger partial charge in [-0.05, 0) is 101 Å². The van der Waals surface area contributed by atoms with Crippen LogP contribution in [0.5, 0.6) is 0 Å². The molecular formula is C54H34N2S. The lowest BCUT2D eigenvalue weighted by Gasteiger charge is -2.14. The summed E-state index contributed by atoms with van der Waals surface area (Å²) in [5.74, 6) is 0. The smallest absolute Gasteiger partial charge is 0.0541 e. The Bertz CT molecular complexity index is 3510. The topological polar surface area (TPSA) is 9.86 Å². The van der Waals surface area contributed by atoms with Gasteiger partial charge >= 0.3 is 0 Å². The van der Waals surface area contributed by atoms with Crippen LogP contribution in [-0.4, -0.2) is 9.13 Å². The molecule has 0 atom stereocenters. The van der Waals surface area contributed by atoms with Crippen LogP contribution in [-0.2, 0) is 0 Å². The normalized spacial score (nSPS) is 11.9. The van der Waals surface area contributed by atoms with Gasteiger partial charge in [0.15, 0.2) is 0 Å². The molecule has 0 unspecified atom stereocenters. The van der Waals surface area contributed by atoms with Gasteiger partial charge in [-0.1, -0.05) is 133 Å². The lowest BCUT2D eigenvalue weighted by atomic mass is 9.99. The second-order valence-electron chi connectivity index (χ2n) is 14.9. The van der Waals surface area contributed by atoms with Gasteiger partial charge in [0, 0.05) is 53.0 Å². The summed E-state index contributed by atoms with van der Waals surface area (Å²) in [5.41, 5.74) is 14.4. The number of para-hydroxylation sites is 2. The van der Waals surface area contributed by atoms with Crippen molar-refractivity contribution in [3.63, 3.8) is 0 Å². The minimum atomic E-state index is 1.17. The third-order valence-electron chi connectivity index (χ3n) is 11.7. The summed E-state index contributed by atoms with van der Waals surface area (Å²) in [6.45, 7) is 0. The third kappa shape index (κ3) is 5.03. The van der Waals surface area contributed by atoms with Crippen LogP contribution in [0.15, 0.2) is 206 Å². The predicted octanol–water partition coefficient (Wildman–Crippen LogP) is 15.2. The number of hydrogen-bond acceptors (Lipinski definition) is 1. The van der Waals surface area contributed by atoms with Crippen LogP contribution < -0.4 is 0 Å². The lowest BCUT2D eigenvalue weighted by Crippen LogP contribution is -1.97. The van der Waals surface area contributed by atoms with E-state index in [0.717, 1.165) is 0 Å². The van der Waals surface area contributed by atoms with Crippen molar-refractivity contribution in [2.75, 3.05) is 0 Å². The summed E-state index contributed by atoms with van der Waals surface area (Å²) in [7, 11) is 0. The molecule has 0 amide bonds. The average molecular weight is 743 g/mol. The highest BCUT2D eigenvalue weighted by molar-refractivity contribution is 7.25. The monoisotopic (exact) mass is 742 g/mol. The first kappa shape index (κ1) is 32.1. The second-order valence-corrected chi connectivity index (χ2v) is 16.0. The molecule has 12 aromatic rings. The van der Waals surface area contributed by atoms with E-state index >= 15 is 0 Å². The zero-order chi connectivity index (χ0) is 37.5. The largest absolute Gasteiger partial charge is 0.309 e. The Morgan fingerprint density at radius 3 is 1.51 bits per heavy atom. The summed E-state index contributed by atoms with van der Waals surface area (Å²) in [6, 6.07) is 75.7. The van der Waals surface area contributed by atoms with Crippen molar-refractivity contribution in [3.05, 3.63) is 206 Å².